The zero-order chi connectivity index (χ0) is 11.1. The van der Waals surface area contributed by atoms with Crippen molar-refractivity contribution in [1.82, 2.24) is 19.5 Å². The predicted molar refractivity (Wildman–Crippen MR) is 55.3 cm³/mol. The molecule has 1 fully saturated rings. The van der Waals surface area contributed by atoms with Crippen LogP contribution in [0.15, 0.2) is 12.7 Å². The number of nitrogen functional groups attached to an aromatic ring is 1. The summed E-state index contributed by atoms with van der Waals surface area (Å²) in [6.07, 6.45) is 2.59. The fourth-order valence-electron chi connectivity index (χ4n) is 1.89. The minimum absolute atomic E-state index is 0.330. The number of anilines is 1. The van der Waals surface area contributed by atoms with Crippen LogP contribution >= 0.6 is 0 Å². The van der Waals surface area contributed by atoms with Crippen LogP contribution in [0.2, 0.25) is 0 Å². The van der Waals surface area contributed by atoms with E-state index in [1.807, 2.05) is 0 Å². The predicted octanol–water partition coefficient (Wildman–Crippen LogP) is -0.312. The first-order valence-corrected chi connectivity index (χ1v) is 5.00. The Hall–Kier alpha value is -1.73. The third-order valence-electron chi connectivity index (χ3n) is 2.69. The van der Waals surface area contributed by atoms with Crippen LogP contribution in [0.5, 0.6) is 0 Å². The molecule has 16 heavy (non-hydrogen) atoms. The third kappa shape index (κ3) is 1.25. The van der Waals surface area contributed by atoms with Crippen molar-refractivity contribution in [1.29, 1.82) is 0 Å². The zero-order valence-corrected chi connectivity index (χ0v) is 8.45. The minimum atomic E-state index is -0.534. The molecule has 7 nitrogen and oxygen atoms in total. The topological polar surface area (TPSA) is 99.1 Å². The molecule has 0 amide bonds. The van der Waals surface area contributed by atoms with E-state index < -0.39 is 12.3 Å². The van der Waals surface area contributed by atoms with E-state index in [0.717, 1.165) is 0 Å². The van der Waals surface area contributed by atoms with E-state index in [1.165, 1.54) is 6.33 Å². The van der Waals surface area contributed by atoms with Gasteiger partial charge in [0.25, 0.3) is 0 Å². The summed E-state index contributed by atoms with van der Waals surface area (Å²) in [4.78, 5) is 12.1. The van der Waals surface area contributed by atoms with Gasteiger partial charge in [0, 0.05) is 6.42 Å². The molecule has 7 heteroatoms. The molecule has 2 aromatic heterocycles. The lowest BCUT2D eigenvalue weighted by Crippen LogP contribution is -2.19. The van der Waals surface area contributed by atoms with Gasteiger partial charge >= 0.3 is 0 Å². The highest BCUT2D eigenvalue weighted by molar-refractivity contribution is 5.81. The van der Waals surface area contributed by atoms with E-state index >= 15 is 0 Å². The first kappa shape index (κ1) is 9.49. The van der Waals surface area contributed by atoms with Gasteiger partial charge < -0.3 is 15.6 Å². The maximum atomic E-state index is 9.74. The molecule has 1 aliphatic heterocycles. The van der Waals surface area contributed by atoms with Crippen LogP contribution in [-0.4, -0.2) is 37.3 Å². The number of hydrogen-bond donors (Lipinski definition) is 2. The van der Waals surface area contributed by atoms with Crippen LogP contribution in [0.4, 0.5) is 5.82 Å². The molecule has 0 bridgehead atoms. The summed E-state index contributed by atoms with van der Waals surface area (Å²) < 4.78 is 7.11. The molecule has 2 aromatic rings. The van der Waals surface area contributed by atoms with Crippen LogP contribution in [0.25, 0.3) is 11.2 Å². The second-order valence-corrected chi connectivity index (χ2v) is 3.70. The minimum Gasteiger partial charge on any atom is -0.388 e. The molecule has 2 unspecified atom stereocenters. The standard InChI is InChI=1S/C9H11N5O2/c10-7-6-8(12-3-11-7)14(4-13-6)9-5(15)1-2-16-9/h3-5,9,15H,1-2H2,(H2,10,11,12). The average Bonchev–Trinajstić information content (AvgIpc) is 2.84. The van der Waals surface area contributed by atoms with Crippen molar-refractivity contribution in [2.24, 2.45) is 0 Å². The first-order valence-electron chi connectivity index (χ1n) is 5.00. The number of aliphatic hydroxyl groups is 1. The number of aliphatic hydroxyl groups excluding tert-OH is 1. The van der Waals surface area contributed by atoms with E-state index in [4.69, 9.17) is 10.5 Å². The number of hydrogen-bond acceptors (Lipinski definition) is 6. The Balaban J connectivity index is 2.14. The molecular weight excluding hydrogens is 210 g/mol. The molecule has 3 N–H and O–H groups in total. The maximum absolute atomic E-state index is 9.74. The number of ether oxygens (including phenoxy) is 1. The highest BCUT2D eigenvalue weighted by Crippen LogP contribution is 2.27. The molecule has 0 spiro atoms. The van der Waals surface area contributed by atoms with Crippen LogP contribution in [0.1, 0.15) is 12.6 Å². The molecule has 0 aliphatic carbocycles. The molecule has 3 rings (SSSR count). The van der Waals surface area contributed by atoms with Crippen molar-refractivity contribution in [3.63, 3.8) is 0 Å². The number of nitrogens with zero attached hydrogens (tertiary/aromatic N) is 4. The van der Waals surface area contributed by atoms with Gasteiger partial charge in [0.1, 0.15) is 17.9 Å². The van der Waals surface area contributed by atoms with Gasteiger partial charge in [0.2, 0.25) is 0 Å². The SMILES string of the molecule is Nc1ncnc2c1ncn2C1OCCC1O. The van der Waals surface area contributed by atoms with E-state index in [2.05, 4.69) is 15.0 Å². The average molecular weight is 221 g/mol. The van der Waals surface area contributed by atoms with E-state index in [0.29, 0.717) is 30.0 Å². The highest BCUT2D eigenvalue weighted by Gasteiger charge is 2.29. The summed E-state index contributed by atoms with van der Waals surface area (Å²) in [5.74, 6) is 0.330. The zero-order valence-electron chi connectivity index (χ0n) is 8.45. The fourth-order valence-corrected chi connectivity index (χ4v) is 1.89. The Kier molecular flexibility index (Phi) is 2.01. The van der Waals surface area contributed by atoms with Crippen molar-refractivity contribution in [3.8, 4) is 0 Å². The van der Waals surface area contributed by atoms with Crippen LogP contribution < -0.4 is 5.73 Å². The van der Waals surface area contributed by atoms with Crippen molar-refractivity contribution >= 4 is 17.0 Å². The number of rotatable bonds is 1. The summed E-state index contributed by atoms with van der Waals surface area (Å²) in [7, 11) is 0. The number of imidazole rings is 1. The van der Waals surface area contributed by atoms with Crippen LogP contribution in [0.3, 0.4) is 0 Å². The number of aromatic nitrogens is 4. The van der Waals surface area contributed by atoms with Gasteiger partial charge in [0.15, 0.2) is 17.7 Å². The second-order valence-electron chi connectivity index (χ2n) is 3.70. The van der Waals surface area contributed by atoms with Crippen molar-refractivity contribution in [2.45, 2.75) is 18.8 Å². The van der Waals surface area contributed by atoms with Gasteiger partial charge in [-0.25, -0.2) is 15.0 Å². The second kappa shape index (κ2) is 3.39. The summed E-state index contributed by atoms with van der Waals surface area (Å²) in [5, 5.41) is 9.74. The van der Waals surface area contributed by atoms with Gasteiger partial charge in [-0.2, -0.15) is 0 Å². The fraction of sp³-hybridized carbons (Fsp3) is 0.444. The Bertz CT molecular complexity index is 526. The maximum Gasteiger partial charge on any atom is 0.167 e. The molecule has 2 atom stereocenters. The third-order valence-corrected chi connectivity index (χ3v) is 2.69. The molecule has 1 saturated heterocycles. The molecule has 1 aliphatic rings. The van der Waals surface area contributed by atoms with Crippen LogP contribution in [0, 0.1) is 0 Å². The Morgan fingerprint density at radius 1 is 1.44 bits per heavy atom. The molecule has 3 heterocycles. The first-order chi connectivity index (χ1) is 7.77. The summed E-state index contributed by atoms with van der Waals surface area (Å²) >= 11 is 0. The molecule has 0 radical (unpaired) electrons. The van der Waals surface area contributed by atoms with Crippen molar-refractivity contribution < 1.29 is 9.84 Å². The summed E-state index contributed by atoms with van der Waals surface area (Å²) in [6, 6.07) is 0. The van der Waals surface area contributed by atoms with Gasteiger partial charge in [-0.15, -0.1) is 0 Å². The lowest BCUT2D eigenvalue weighted by molar-refractivity contribution is -0.00628. The van der Waals surface area contributed by atoms with Crippen LogP contribution in [-0.2, 0) is 4.74 Å². The van der Waals surface area contributed by atoms with Crippen molar-refractivity contribution in [3.05, 3.63) is 12.7 Å². The smallest absolute Gasteiger partial charge is 0.167 e. The van der Waals surface area contributed by atoms with Gasteiger partial charge in [0.05, 0.1) is 12.9 Å². The monoisotopic (exact) mass is 221 g/mol. The normalized spacial score (nSPS) is 25.3. The lowest BCUT2D eigenvalue weighted by Gasteiger charge is -2.15. The molecule has 84 valence electrons. The number of fused-ring (bicyclic) bond motifs is 1. The van der Waals surface area contributed by atoms with E-state index in [1.54, 1.807) is 10.9 Å². The largest absolute Gasteiger partial charge is 0.388 e. The summed E-state index contributed by atoms with van der Waals surface area (Å²) in [5.41, 5.74) is 6.79. The Morgan fingerprint density at radius 2 is 2.31 bits per heavy atom. The van der Waals surface area contributed by atoms with Gasteiger partial charge in [-0.3, -0.25) is 4.57 Å². The Morgan fingerprint density at radius 3 is 3.06 bits per heavy atom. The quantitative estimate of drug-likeness (QED) is 0.685. The van der Waals surface area contributed by atoms with E-state index in [9.17, 15) is 5.11 Å². The highest BCUT2D eigenvalue weighted by atomic mass is 16.5. The van der Waals surface area contributed by atoms with Crippen molar-refractivity contribution in [2.75, 3.05) is 12.3 Å². The van der Waals surface area contributed by atoms with Gasteiger partial charge in [-0.1, -0.05) is 0 Å². The number of nitrogens with two attached hydrogens (primary N) is 1. The lowest BCUT2D eigenvalue weighted by atomic mass is 10.3. The van der Waals surface area contributed by atoms with E-state index in [-0.39, 0.29) is 0 Å². The molecule has 0 aromatic carbocycles. The molecular formula is C9H11N5O2. The summed E-state index contributed by atoms with van der Waals surface area (Å²) in [6.45, 7) is 0.534. The van der Waals surface area contributed by atoms with Gasteiger partial charge in [-0.05, 0) is 0 Å². The Labute approximate surface area is 90.9 Å². The molecule has 0 saturated carbocycles.